The van der Waals surface area contributed by atoms with Crippen molar-refractivity contribution in [1.29, 1.82) is 0 Å². The van der Waals surface area contributed by atoms with Gasteiger partial charge in [-0.25, -0.2) is 9.37 Å². The maximum atomic E-state index is 13.2. The van der Waals surface area contributed by atoms with Crippen molar-refractivity contribution in [2.24, 2.45) is 0 Å². The zero-order valence-electron chi connectivity index (χ0n) is 12.0. The van der Waals surface area contributed by atoms with Gasteiger partial charge in [-0.05, 0) is 55.8 Å². The highest BCUT2D eigenvalue weighted by Crippen LogP contribution is 2.23. The van der Waals surface area contributed by atoms with Crippen LogP contribution in [0.2, 0.25) is 0 Å². The van der Waals surface area contributed by atoms with E-state index < -0.39 is 0 Å². The predicted octanol–water partition coefficient (Wildman–Crippen LogP) is 3.74. The molecule has 0 radical (unpaired) electrons. The molecular weight excluding hydrogens is 255 g/mol. The second-order valence-electron chi connectivity index (χ2n) is 4.75. The van der Waals surface area contributed by atoms with Gasteiger partial charge in [0, 0.05) is 18.3 Å². The number of rotatable bonds is 5. The van der Waals surface area contributed by atoms with E-state index in [1.165, 1.54) is 6.07 Å². The van der Waals surface area contributed by atoms with E-state index in [2.05, 4.69) is 17.2 Å². The third-order valence-corrected chi connectivity index (χ3v) is 2.92. The van der Waals surface area contributed by atoms with E-state index in [4.69, 9.17) is 4.74 Å². The summed E-state index contributed by atoms with van der Waals surface area (Å²) in [5, 5.41) is 3.27. The highest BCUT2D eigenvalue weighted by Gasteiger charge is 2.05. The molecule has 1 aromatic carbocycles. The van der Waals surface area contributed by atoms with Crippen molar-refractivity contribution < 1.29 is 9.13 Å². The average Bonchev–Trinajstić information content (AvgIpc) is 2.40. The Bertz CT molecular complexity index is 599. The van der Waals surface area contributed by atoms with Crippen molar-refractivity contribution in [3.63, 3.8) is 0 Å². The third kappa shape index (κ3) is 3.78. The smallest absolute Gasteiger partial charge is 0.219 e. The molecule has 0 saturated carbocycles. The van der Waals surface area contributed by atoms with Gasteiger partial charge in [-0.15, -0.1) is 0 Å². The van der Waals surface area contributed by atoms with Gasteiger partial charge in [-0.2, -0.15) is 0 Å². The molecule has 0 atom stereocenters. The number of benzene rings is 1. The Morgan fingerprint density at radius 3 is 2.70 bits per heavy atom. The standard InChI is InChI=1S/C16H19FN2O/c1-4-18-10-13-8-12(3)19-16(9-13)20-14-5-6-15(17)11(2)7-14/h5-9,18H,4,10H2,1-3H3. The average molecular weight is 274 g/mol. The Morgan fingerprint density at radius 1 is 1.20 bits per heavy atom. The van der Waals surface area contributed by atoms with Crippen molar-refractivity contribution in [3.8, 4) is 11.6 Å². The molecule has 0 aliphatic carbocycles. The van der Waals surface area contributed by atoms with E-state index in [1.807, 2.05) is 19.1 Å². The van der Waals surface area contributed by atoms with E-state index in [9.17, 15) is 4.39 Å². The number of halogens is 1. The second-order valence-corrected chi connectivity index (χ2v) is 4.75. The fourth-order valence-electron chi connectivity index (χ4n) is 1.93. The summed E-state index contributed by atoms with van der Waals surface area (Å²) in [6.07, 6.45) is 0. The van der Waals surface area contributed by atoms with E-state index in [0.717, 1.165) is 24.3 Å². The first-order valence-electron chi connectivity index (χ1n) is 6.70. The molecular formula is C16H19FN2O. The predicted molar refractivity (Wildman–Crippen MR) is 77.6 cm³/mol. The van der Waals surface area contributed by atoms with E-state index in [-0.39, 0.29) is 5.82 Å². The van der Waals surface area contributed by atoms with Crippen LogP contribution in [0.1, 0.15) is 23.7 Å². The van der Waals surface area contributed by atoms with Crippen molar-refractivity contribution in [2.45, 2.75) is 27.3 Å². The summed E-state index contributed by atoms with van der Waals surface area (Å²) < 4.78 is 18.9. The molecule has 0 saturated heterocycles. The van der Waals surface area contributed by atoms with Gasteiger partial charge >= 0.3 is 0 Å². The number of nitrogens with zero attached hydrogens (tertiary/aromatic N) is 1. The number of hydrogen-bond donors (Lipinski definition) is 1. The number of nitrogens with one attached hydrogen (secondary N) is 1. The lowest BCUT2D eigenvalue weighted by molar-refractivity contribution is 0.458. The van der Waals surface area contributed by atoms with Crippen LogP contribution >= 0.6 is 0 Å². The maximum absolute atomic E-state index is 13.2. The van der Waals surface area contributed by atoms with Gasteiger partial charge in [0.15, 0.2) is 0 Å². The number of ether oxygens (including phenoxy) is 1. The van der Waals surface area contributed by atoms with Crippen LogP contribution in [-0.4, -0.2) is 11.5 Å². The first-order chi connectivity index (χ1) is 9.58. The van der Waals surface area contributed by atoms with Gasteiger partial charge in [0.2, 0.25) is 5.88 Å². The summed E-state index contributed by atoms with van der Waals surface area (Å²) in [7, 11) is 0. The SMILES string of the molecule is CCNCc1cc(C)nc(Oc2ccc(F)c(C)c2)c1. The molecule has 0 fully saturated rings. The van der Waals surface area contributed by atoms with E-state index in [1.54, 1.807) is 19.1 Å². The molecule has 0 bridgehead atoms. The van der Waals surface area contributed by atoms with Crippen LogP contribution in [0, 0.1) is 19.7 Å². The minimum atomic E-state index is -0.234. The fourth-order valence-corrected chi connectivity index (χ4v) is 1.93. The summed E-state index contributed by atoms with van der Waals surface area (Å²) in [6, 6.07) is 8.60. The molecule has 0 spiro atoms. The molecule has 1 heterocycles. The molecule has 0 unspecified atom stereocenters. The summed E-state index contributed by atoms with van der Waals surface area (Å²) in [4.78, 5) is 4.35. The number of aryl methyl sites for hydroxylation is 2. The van der Waals surface area contributed by atoms with Crippen LogP contribution in [0.15, 0.2) is 30.3 Å². The molecule has 0 aliphatic heterocycles. The highest BCUT2D eigenvalue weighted by atomic mass is 19.1. The van der Waals surface area contributed by atoms with Crippen molar-refractivity contribution in [1.82, 2.24) is 10.3 Å². The molecule has 2 aromatic rings. The molecule has 2 rings (SSSR count). The summed E-state index contributed by atoms with van der Waals surface area (Å²) in [6.45, 7) is 7.39. The maximum Gasteiger partial charge on any atom is 0.219 e. The largest absolute Gasteiger partial charge is 0.439 e. The number of aromatic nitrogens is 1. The minimum Gasteiger partial charge on any atom is -0.439 e. The Morgan fingerprint density at radius 2 is 2.00 bits per heavy atom. The molecule has 0 aliphatic rings. The summed E-state index contributed by atoms with van der Waals surface area (Å²) in [5.41, 5.74) is 2.57. The molecule has 1 aromatic heterocycles. The van der Waals surface area contributed by atoms with Crippen LogP contribution in [0.5, 0.6) is 11.6 Å². The Balaban J connectivity index is 2.19. The Kier molecular flexibility index (Phi) is 4.69. The number of hydrogen-bond acceptors (Lipinski definition) is 3. The summed E-state index contributed by atoms with van der Waals surface area (Å²) >= 11 is 0. The fraction of sp³-hybridized carbons (Fsp3) is 0.312. The lowest BCUT2D eigenvalue weighted by Gasteiger charge is -2.09. The van der Waals surface area contributed by atoms with Gasteiger partial charge in [-0.3, -0.25) is 0 Å². The zero-order chi connectivity index (χ0) is 14.5. The highest BCUT2D eigenvalue weighted by molar-refractivity contribution is 5.33. The molecule has 106 valence electrons. The first kappa shape index (κ1) is 14.5. The lowest BCUT2D eigenvalue weighted by Crippen LogP contribution is -2.12. The van der Waals surface area contributed by atoms with Crippen LogP contribution in [-0.2, 0) is 6.54 Å². The van der Waals surface area contributed by atoms with Gasteiger partial charge in [0.1, 0.15) is 11.6 Å². The minimum absolute atomic E-state index is 0.234. The third-order valence-electron chi connectivity index (χ3n) is 2.92. The topological polar surface area (TPSA) is 34.2 Å². The zero-order valence-corrected chi connectivity index (χ0v) is 12.0. The Labute approximate surface area is 118 Å². The second kappa shape index (κ2) is 6.48. The molecule has 4 heteroatoms. The van der Waals surface area contributed by atoms with Crippen molar-refractivity contribution in [3.05, 3.63) is 53.0 Å². The molecule has 1 N–H and O–H groups in total. The van der Waals surface area contributed by atoms with Gasteiger partial charge < -0.3 is 10.1 Å². The Hall–Kier alpha value is -1.94. The van der Waals surface area contributed by atoms with Gasteiger partial charge in [0.25, 0.3) is 0 Å². The van der Waals surface area contributed by atoms with Gasteiger partial charge in [0.05, 0.1) is 0 Å². The normalized spacial score (nSPS) is 10.6. The van der Waals surface area contributed by atoms with E-state index in [0.29, 0.717) is 17.2 Å². The lowest BCUT2D eigenvalue weighted by atomic mass is 10.2. The van der Waals surface area contributed by atoms with Crippen LogP contribution in [0.25, 0.3) is 0 Å². The summed E-state index contributed by atoms with van der Waals surface area (Å²) in [5.74, 6) is 0.891. The van der Waals surface area contributed by atoms with Gasteiger partial charge in [-0.1, -0.05) is 6.92 Å². The van der Waals surface area contributed by atoms with Crippen LogP contribution in [0.3, 0.4) is 0 Å². The first-order valence-corrected chi connectivity index (χ1v) is 6.70. The van der Waals surface area contributed by atoms with Crippen LogP contribution < -0.4 is 10.1 Å². The number of pyridine rings is 1. The van der Waals surface area contributed by atoms with Crippen molar-refractivity contribution >= 4 is 0 Å². The quantitative estimate of drug-likeness (QED) is 0.902. The van der Waals surface area contributed by atoms with Crippen LogP contribution in [0.4, 0.5) is 4.39 Å². The monoisotopic (exact) mass is 274 g/mol. The van der Waals surface area contributed by atoms with Crippen molar-refractivity contribution in [2.75, 3.05) is 6.54 Å². The molecule has 0 amide bonds. The van der Waals surface area contributed by atoms with E-state index >= 15 is 0 Å². The molecule has 20 heavy (non-hydrogen) atoms. The molecule has 3 nitrogen and oxygen atoms in total.